The van der Waals surface area contributed by atoms with E-state index in [9.17, 15) is 4.79 Å². The van der Waals surface area contributed by atoms with Crippen molar-refractivity contribution >= 4 is 5.97 Å². The number of carboxylic acids is 1. The van der Waals surface area contributed by atoms with Crippen molar-refractivity contribution in [3.63, 3.8) is 0 Å². The van der Waals surface area contributed by atoms with Gasteiger partial charge in [-0.1, -0.05) is 0 Å². The van der Waals surface area contributed by atoms with Crippen molar-refractivity contribution in [3.8, 4) is 0 Å². The topological polar surface area (TPSA) is 84.6 Å². The number of hydrogen-bond acceptors (Lipinski definition) is 4. The number of nitrogens with two attached hydrogens (primary N) is 1. The lowest BCUT2D eigenvalue weighted by Gasteiger charge is -2.22. The number of rotatable bonds is 6. The summed E-state index contributed by atoms with van der Waals surface area (Å²) < 4.78 is 5.25. The third-order valence-corrected chi connectivity index (χ3v) is 2.72. The summed E-state index contributed by atoms with van der Waals surface area (Å²) in [6.45, 7) is 3.31. The Bertz CT molecular complexity index is 193. The van der Waals surface area contributed by atoms with E-state index >= 15 is 0 Å². The SMILES string of the molecule is NC(CCNCC1CCOCC1)C(=O)O. The summed E-state index contributed by atoms with van der Waals surface area (Å²) in [6, 6.07) is -0.743. The summed E-state index contributed by atoms with van der Waals surface area (Å²) in [4.78, 5) is 10.4. The molecule has 4 N–H and O–H groups in total. The Kier molecular flexibility index (Phi) is 5.60. The number of aliphatic carboxylic acids is 1. The average molecular weight is 216 g/mol. The molecule has 1 atom stereocenters. The molecule has 1 aliphatic heterocycles. The van der Waals surface area contributed by atoms with E-state index < -0.39 is 12.0 Å². The van der Waals surface area contributed by atoms with Crippen LogP contribution in [0.4, 0.5) is 0 Å². The van der Waals surface area contributed by atoms with Gasteiger partial charge in [-0.25, -0.2) is 0 Å². The Labute approximate surface area is 90.0 Å². The molecule has 1 unspecified atom stereocenters. The third kappa shape index (κ3) is 5.11. The molecule has 0 aromatic heterocycles. The van der Waals surface area contributed by atoms with Crippen LogP contribution in [0.3, 0.4) is 0 Å². The van der Waals surface area contributed by atoms with Crippen LogP contribution in [-0.4, -0.2) is 43.4 Å². The molecular weight excluding hydrogens is 196 g/mol. The highest BCUT2D eigenvalue weighted by atomic mass is 16.5. The van der Waals surface area contributed by atoms with Gasteiger partial charge in [0, 0.05) is 13.2 Å². The fraction of sp³-hybridized carbons (Fsp3) is 0.900. The molecule has 1 aliphatic rings. The number of ether oxygens (including phenoxy) is 1. The minimum Gasteiger partial charge on any atom is -0.480 e. The van der Waals surface area contributed by atoms with Crippen LogP contribution < -0.4 is 11.1 Å². The highest BCUT2D eigenvalue weighted by Crippen LogP contribution is 2.12. The zero-order valence-corrected chi connectivity index (χ0v) is 8.95. The maximum Gasteiger partial charge on any atom is 0.320 e. The van der Waals surface area contributed by atoms with E-state index in [4.69, 9.17) is 15.6 Å². The van der Waals surface area contributed by atoms with Crippen molar-refractivity contribution in [2.24, 2.45) is 11.7 Å². The van der Waals surface area contributed by atoms with Crippen molar-refractivity contribution in [3.05, 3.63) is 0 Å². The first-order valence-corrected chi connectivity index (χ1v) is 5.47. The summed E-state index contributed by atoms with van der Waals surface area (Å²) in [7, 11) is 0. The molecule has 1 saturated heterocycles. The van der Waals surface area contributed by atoms with E-state index in [1.165, 1.54) is 0 Å². The molecule has 0 aromatic rings. The lowest BCUT2D eigenvalue weighted by Crippen LogP contribution is -2.35. The van der Waals surface area contributed by atoms with E-state index in [0.29, 0.717) is 18.9 Å². The van der Waals surface area contributed by atoms with Gasteiger partial charge < -0.3 is 20.9 Å². The van der Waals surface area contributed by atoms with Crippen LogP contribution in [-0.2, 0) is 9.53 Å². The number of carboxylic acid groups (broad SMARTS) is 1. The van der Waals surface area contributed by atoms with Crippen LogP contribution in [0.5, 0.6) is 0 Å². The van der Waals surface area contributed by atoms with Crippen LogP contribution in [0.1, 0.15) is 19.3 Å². The quantitative estimate of drug-likeness (QED) is 0.536. The first-order chi connectivity index (χ1) is 7.20. The van der Waals surface area contributed by atoms with Crippen molar-refractivity contribution in [2.45, 2.75) is 25.3 Å². The normalized spacial score (nSPS) is 20.1. The van der Waals surface area contributed by atoms with Crippen LogP contribution in [0.2, 0.25) is 0 Å². The minimum atomic E-state index is -0.928. The molecule has 1 fully saturated rings. The van der Waals surface area contributed by atoms with Gasteiger partial charge in [0.1, 0.15) is 6.04 Å². The van der Waals surface area contributed by atoms with Gasteiger partial charge >= 0.3 is 5.97 Å². The summed E-state index contributed by atoms with van der Waals surface area (Å²) in [5.41, 5.74) is 5.38. The average Bonchev–Trinajstić information content (AvgIpc) is 2.25. The molecule has 0 aliphatic carbocycles. The molecule has 5 heteroatoms. The predicted octanol–water partition coefficient (Wildman–Crippen LogP) is -0.195. The largest absolute Gasteiger partial charge is 0.480 e. The highest BCUT2D eigenvalue weighted by molar-refractivity contribution is 5.72. The first-order valence-electron chi connectivity index (χ1n) is 5.47. The molecule has 88 valence electrons. The molecule has 0 amide bonds. The van der Waals surface area contributed by atoms with Gasteiger partial charge in [-0.15, -0.1) is 0 Å². The lowest BCUT2D eigenvalue weighted by atomic mass is 10.0. The molecule has 1 heterocycles. The maximum absolute atomic E-state index is 10.4. The van der Waals surface area contributed by atoms with Gasteiger partial charge in [-0.05, 0) is 38.3 Å². The molecule has 0 aromatic carbocycles. The molecule has 15 heavy (non-hydrogen) atoms. The Balaban J connectivity index is 1.98. The fourth-order valence-corrected chi connectivity index (χ4v) is 1.64. The van der Waals surface area contributed by atoms with Gasteiger partial charge in [0.05, 0.1) is 0 Å². The van der Waals surface area contributed by atoms with Gasteiger partial charge in [0.25, 0.3) is 0 Å². The third-order valence-electron chi connectivity index (χ3n) is 2.72. The molecule has 1 rings (SSSR count). The Morgan fingerprint density at radius 1 is 1.53 bits per heavy atom. The van der Waals surface area contributed by atoms with Crippen molar-refractivity contribution < 1.29 is 14.6 Å². The molecule has 0 spiro atoms. The van der Waals surface area contributed by atoms with Gasteiger partial charge in [0.2, 0.25) is 0 Å². The zero-order valence-electron chi connectivity index (χ0n) is 8.95. The summed E-state index contributed by atoms with van der Waals surface area (Å²) in [5.74, 6) is -0.261. The van der Waals surface area contributed by atoms with E-state index in [1.54, 1.807) is 0 Å². The Morgan fingerprint density at radius 3 is 2.80 bits per heavy atom. The van der Waals surface area contributed by atoms with Gasteiger partial charge in [-0.3, -0.25) is 4.79 Å². The number of hydrogen-bond donors (Lipinski definition) is 3. The van der Waals surface area contributed by atoms with E-state index in [2.05, 4.69) is 5.32 Å². The van der Waals surface area contributed by atoms with Crippen LogP contribution >= 0.6 is 0 Å². The van der Waals surface area contributed by atoms with Crippen molar-refractivity contribution in [1.29, 1.82) is 0 Å². The van der Waals surface area contributed by atoms with Crippen LogP contribution in [0.15, 0.2) is 0 Å². The van der Waals surface area contributed by atoms with Gasteiger partial charge in [-0.2, -0.15) is 0 Å². The monoisotopic (exact) mass is 216 g/mol. The van der Waals surface area contributed by atoms with E-state index in [1.807, 2.05) is 0 Å². The van der Waals surface area contributed by atoms with E-state index in [0.717, 1.165) is 32.6 Å². The summed E-state index contributed by atoms with van der Waals surface area (Å²) in [6.07, 6.45) is 2.68. The molecule has 0 radical (unpaired) electrons. The maximum atomic E-state index is 10.4. The molecular formula is C10H20N2O3. The van der Waals surface area contributed by atoms with E-state index in [-0.39, 0.29) is 0 Å². The minimum absolute atomic E-state index is 0.485. The Morgan fingerprint density at radius 2 is 2.20 bits per heavy atom. The summed E-state index contributed by atoms with van der Waals surface area (Å²) >= 11 is 0. The van der Waals surface area contributed by atoms with Crippen molar-refractivity contribution in [2.75, 3.05) is 26.3 Å². The summed E-state index contributed by atoms with van der Waals surface area (Å²) in [5, 5.41) is 11.8. The Hall–Kier alpha value is -0.650. The van der Waals surface area contributed by atoms with Crippen LogP contribution in [0.25, 0.3) is 0 Å². The second-order valence-electron chi connectivity index (χ2n) is 3.99. The predicted molar refractivity (Wildman–Crippen MR) is 56.6 cm³/mol. The number of carbonyl (C=O) groups is 1. The second-order valence-corrected chi connectivity index (χ2v) is 3.99. The standard InChI is InChI=1S/C10H20N2O3/c11-9(10(13)14)1-4-12-7-8-2-5-15-6-3-8/h8-9,12H,1-7,11H2,(H,13,14). The molecule has 0 bridgehead atoms. The first kappa shape index (κ1) is 12.4. The second kappa shape index (κ2) is 6.76. The lowest BCUT2D eigenvalue weighted by molar-refractivity contribution is -0.138. The fourth-order valence-electron chi connectivity index (χ4n) is 1.64. The van der Waals surface area contributed by atoms with Crippen LogP contribution in [0, 0.1) is 5.92 Å². The molecule has 0 saturated carbocycles. The highest BCUT2D eigenvalue weighted by Gasteiger charge is 2.14. The zero-order chi connectivity index (χ0) is 11.1. The molecule has 5 nitrogen and oxygen atoms in total. The number of nitrogens with one attached hydrogen (secondary N) is 1. The smallest absolute Gasteiger partial charge is 0.320 e. The van der Waals surface area contributed by atoms with Gasteiger partial charge in [0.15, 0.2) is 0 Å². The van der Waals surface area contributed by atoms with Crippen molar-refractivity contribution in [1.82, 2.24) is 5.32 Å².